The molecular weight excluding hydrogens is 266 g/mol. The van der Waals surface area contributed by atoms with Gasteiger partial charge in [-0.2, -0.15) is 0 Å². The topological polar surface area (TPSA) is 76.7 Å². The Hall–Kier alpha value is -2.76. The van der Waals surface area contributed by atoms with E-state index >= 15 is 0 Å². The molecule has 2 heterocycles. The highest BCUT2D eigenvalue weighted by Crippen LogP contribution is 2.22. The SMILES string of the molecule is Cc1nccnc1C(C)Nc1ccc(-c2nnco2)cc1. The summed E-state index contributed by atoms with van der Waals surface area (Å²) in [6.45, 7) is 4.02. The van der Waals surface area contributed by atoms with Crippen molar-refractivity contribution in [2.75, 3.05) is 5.32 Å². The maximum atomic E-state index is 5.16. The van der Waals surface area contributed by atoms with E-state index in [4.69, 9.17) is 4.42 Å². The molecule has 21 heavy (non-hydrogen) atoms. The van der Waals surface area contributed by atoms with Gasteiger partial charge in [-0.1, -0.05) is 0 Å². The molecule has 106 valence electrons. The number of benzene rings is 1. The molecule has 0 saturated heterocycles. The van der Waals surface area contributed by atoms with Crippen molar-refractivity contribution in [1.29, 1.82) is 0 Å². The van der Waals surface area contributed by atoms with Gasteiger partial charge in [0.2, 0.25) is 12.3 Å². The molecule has 0 bridgehead atoms. The predicted octanol–water partition coefficient (Wildman–Crippen LogP) is 3.01. The third-order valence-corrected chi connectivity index (χ3v) is 3.20. The summed E-state index contributed by atoms with van der Waals surface area (Å²) in [7, 11) is 0. The molecule has 0 aliphatic rings. The minimum Gasteiger partial charge on any atom is -0.423 e. The molecule has 6 heteroatoms. The maximum absolute atomic E-state index is 5.16. The van der Waals surface area contributed by atoms with Crippen molar-refractivity contribution >= 4 is 5.69 Å². The summed E-state index contributed by atoms with van der Waals surface area (Å²) in [5.41, 5.74) is 3.76. The van der Waals surface area contributed by atoms with Crippen LogP contribution in [-0.4, -0.2) is 20.2 Å². The van der Waals surface area contributed by atoms with Gasteiger partial charge in [0.25, 0.3) is 0 Å². The molecule has 0 saturated carbocycles. The summed E-state index contributed by atoms with van der Waals surface area (Å²) >= 11 is 0. The second kappa shape index (κ2) is 5.70. The number of aryl methyl sites for hydroxylation is 1. The third kappa shape index (κ3) is 2.89. The lowest BCUT2D eigenvalue weighted by atomic mass is 10.1. The Morgan fingerprint density at radius 1 is 1.10 bits per heavy atom. The number of rotatable bonds is 4. The fourth-order valence-electron chi connectivity index (χ4n) is 2.17. The molecule has 0 radical (unpaired) electrons. The first-order valence-corrected chi connectivity index (χ1v) is 6.64. The average molecular weight is 281 g/mol. The van der Waals surface area contributed by atoms with Gasteiger partial charge in [-0.15, -0.1) is 10.2 Å². The monoisotopic (exact) mass is 281 g/mol. The lowest BCUT2D eigenvalue weighted by molar-refractivity contribution is 0.568. The summed E-state index contributed by atoms with van der Waals surface area (Å²) in [5, 5.41) is 11.0. The number of anilines is 1. The van der Waals surface area contributed by atoms with E-state index in [9.17, 15) is 0 Å². The summed E-state index contributed by atoms with van der Waals surface area (Å²) in [6.07, 6.45) is 4.73. The van der Waals surface area contributed by atoms with Crippen molar-refractivity contribution < 1.29 is 4.42 Å². The highest BCUT2D eigenvalue weighted by molar-refractivity contribution is 5.58. The minimum atomic E-state index is 0.0768. The van der Waals surface area contributed by atoms with Crippen molar-refractivity contribution in [3.8, 4) is 11.5 Å². The smallest absolute Gasteiger partial charge is 0.247 e. The van der Waals surface area contributed by atoms with Crippen molar-refractivity contribution in [2.24, 2.45) is 0 Å². The standard InChI is InChI=1S/C15H15N5O/c1-10-14(17-8-7-16-10)11(2)19-13-5-3-12(4-6-13)15-20-18-9-21-15/h3-9,11,19H,1-2H3. The summed E-state index contributed by atoms with van der Waals surface area (Å²) in [6, 6.07) is 7.90. The second-order valence-corrected chi connectivity index (χ2v) is 4.71. The average Bonchev–Trinajstić information content (AvgIpc) is 3.02. The summed E-state index contributed by atoms with van der Waals surface area (Å²) in [5.74, 6) is 0.513. The van der Waals surface area contributed by atoms with Crippen molar-refractivity contribution in [1.82, 2.24) is 20.2 Å². The summed E-state index contributed by atoms with van der Waals surface area (Å²) in [4.78, 5) is 8.63. The van der Waals surface area contributed by atoms with Crippen LogP contribution in [0, 0.1) is 6.92 Å². The first kappa shape index (κ1) is 13.2. The molecule has 1 N–H and O–H groups in total. The van der Waals surface area contributed by atoms with E-state index in [1.165, 1.54) is 6.39 Å². The van der Waals surface area contributed by atoms with E-state index in [0.29, 0.717) is 5.89 Å². The fraction of sp³-hybridized carbons (Fsp3) is 0.200. The van der Waals surface area contributed by atoms with Crippen LogP contribution >= 0.6 is 0 Å². The molecule has 6 nitrogen and oxygen atoms in total. The quantitative estimate of drug-likeness (QED) is 0.792. The van der Waals surface area contributed by atoms with E-state index in [1.807, 2.05) is 31.2 Å². The van der Waals surface area contributed by atoms with Crippen LogP contribution in [0.25, 0.3) is 11.5 Å². The predicted molar refractivity (Wildman–Crippen MR) is 78.5 cm³/mol. The van der Waals surface area contributed by atoms with E-state index < -0.39 is 0 Å². The zero-order valence-electron chi connectivity index (χ0n) is 11.8. The fourth-order valence-corrected chi connectivity index (χ4v) is 2.17. The highest BCUT2D eigenvalue weighted by atomic mass is 16.4. The molecule has 1 aromatic carbocycles. The van der Waals surface area contributed by atoms with E-state index in [0.717, 1.165) is 22.6 Å². The first-order valence-electron chi connectivity index (χ1n) is 6.64. The van der Waals surface area contributed by atoms with Gasteiger partial charge >= 0.3 is 0 Å². The Kier molecular flexibility index (Phi) is 3.59. The van der Waals surface area contributed by atoms with Gasteiger partial charge in [-0.25, -0.2) is 0 Å². The molecule has 0 fully saturated rings. The third-order valence-electron chi connectivity index (χ3n) is 3.20. The van der Waals surface area contributed by atoms with Crippen LogP contribution in [0.2, 0.25) is 0 Å². The van der Waals surface area contributed by atoms with Gasteiger partial charge in [-0.05, 0) is 38.1 Å². The van der Waals surface area contributed by atoms with Crippen LogP contribution < -0.4 is 5.32 Å². The Morgan fingerprint density at radius 2 is 1.86 bits per heavy atom. The van der Waals surface area contributed by atoms with Crippen LogP contribution in [0.3, 0.4) is 0 Å². The lowest BCUT2D eigenvalue weighted by Gasteiger charge is -2.16. The van der Waals surface area contributed by atoms with Crippen LogP contribution in [0.15, 0.2) is 47.5 Å². The molecule has 0 spiro atoms. The van der Waals surface area contributed by atoms with Gasteiger partial charge in [-0.3, -0.25) is 9.97 Å². The summed E-state index contributed by atoms with van der Waals surface area (Å²) < 4.78 is 5.16. The molecule has 2 aromatic heterocycles. The van der Waals surface area contributed by atoms with Crippen LogP contribution in [0.1, 0.15) is 24.4 Å². The van der Waals surface area contributed by atoms with E-state index in [-0.39, 0.29) is 6.04 Å². The normalized spacial score (nSPS) is 12.1. The number of nitrogens with one attached hydrogen (secondary N) is 1. The molecule has 3 rings (SSSR count). The van der Waals surface area contributed by atoms with Gasteiger partial charge in [0.1, 0.15) is 0 Å². The van der Waals surface area contributed by atoms with Gasteiger partial charge < -0.3 is 9.73 Å². The van der Waals surface area contributed by atoms with Gasteiger partial charge in [0.05, 0.1) is 17.4 Å². The zero-order valence-corrected chi connectivity index (χ0v) is 11.8. The van der Waals surface area contributed by atoms with E-state index in [1.54, 1.807) is 12.4 Å². The van der Waals surface area contributed by atoms with Crippen molar-refractivity contribution in [3.63, 3.8) is 0 Å². The minimum absolute atomic E-state index is 0.0768. The van der Waals surface area contributed by atoms with Crippen LogP contribution in [-0.2, 0) is 0 Å². The molecule has 1 atom stereocenters. The molecule has 3 aromatic rings. The number of hydrogen-bond acceptors (Lipinski definition) is 6. The Bertz CT molecular complexity index is 709. The highest BCUT2D eigenvalue weighted by Gasteiger charge is 2.10. The van der Waals surface area contributed by atoms with Crippen LogP contribution in [0.4, 0.5) is 5.69 Å². The number of nitrogens with zero attached hydrogens (tertiary/aromatic N) is 4. The largest absolute Gasteiger partial charge is 0.423 e. The van der Waals surface area contributed by atoms with E-state index in [2.05, 4.69) is 32.4 Å². The maximum Gasteiger partial charge on any atom is 0.247 e. The number of hydrogen-bond donors (Lipinski definition) is 1. The lowest BCUT2D eigenvalue weighted by Crippen LogP contribution is -2.10. The zero-order chi connectivity index (χ0) is 14.7. The van der Waals surface area contributed by atoms with Gasteiger partial charge in [0, 0.05) is 23.6 Å². The van der Waals surface area contributed by atoms with Crippen molar-refractivity contribution in [2.45, 2.75) is 19.9 Å². The van der Waals surface area contributed by atoms with Crippen molar-refractivity contribution in [3.05, 3.63) is 54.4 Å². The van der Waals surface area contributed by atoms with Crippen LogP contribution in [0.5, 0.6) is 0 Å². The molecule has 1 unspecified atom stereocenters. The Balaban J connectivity index is 1.75. The second-order valence-electron chi connectivity index (χ2n) is 4.71. The molecule has 0 aliphatic heterocycles. The first-order chi connectivity index (χ1) is 10.2. The Labute approximate surface area is 122 Å². The number of aromatic nitrogens is 4. The Morgan fingerprint density at radius 3 is 2.52 bits per heavy atom. The molecular formula is C15H15N5O. The molecule has 0 amide bonds. The van der Waals surface area contributed by atoms with Gasteiger partial charge in [0.15, 0.2) is 0 Å². The molecule has 0 aliphatic carbocycles.